The fraction of sp³-hybridized carbons (Fsp3) is 0.625. The molecule has 126 valence electrons. The molecular formula is C16H23N3O3S. The van der Waals surface area contributed by atoms with Crippen LogP contribution in [0, 0.1) is 11.8 Å². The Bertz CT molecular complexity index is 612. The molecule has 1 aliphatic carbocycles. The summed E-state index contributed by atoms with van der Waals surface area (Å²) < 4.78 is 0. The molecule has 2 N–H and O–H groups in total. The van der Waals surface area contributed by atoms with Crippen LogP contribution in [0.4, 0.5) is 5.13 Å². The molecule has 2 rings (SSSR count). The van der Waals surface area contributed by atoms with Crippen molar-refractivity contribution in [3.63, 3.8) is 0 Å². The van der Waals surface area contributed by atoms with Crippen LogP contribution in [0.15, 0.2) is 0 Å². The van der Waals surface area contributed by atoms with Crippen LogP contribution in [-0.4, -0.2) is 29.1 Å². The molecule has 0 saturated carbocycles. The number of ketones is 1. The SMILES string of the molecule is CCNC(=O)C1CC(=O)c2sc(NC(=O)CC(C)CC)nc2C1. The van der Waals surface area contributed by atoms with Crippen molar-refractivity contribution < 1.29 is 14.4 Å². The van der Waals surface area contributed by atoms with Crippen LogP contribution >= 0.6 is 11.3 Å². The van der Waals surface area contributed by atoms with E-state index in [-0.39, 0.29) is 29.9 Å². The first-order valence-corrected chi connectivity index (χ1v) is 8.86. The van der Waals surface area contributed by atoms with Crippen LogP contribution in [0.25, 0.3) is 0 Å². The van der Waals surface area contributed by atoms with E-state index in [2.05, 4.69) is 15.6 Å². The lowest BCUT2D eigenvalue weighted by molar-refractivity contribution is -0.125. The van der Waals surface area contributed by atoms with E-state index >= 15 is 0 Å². The first-order valence-electron chi connectivity index (χ1n) is 8.05. The number of aromatic nitrogens is 1. The van der Waals surface area contributed by atoms with Crippen molar-refractivity contribution in [2.75, 3.05) is 11.9 Å². The Morgan fingerprint density at radius 3 is 2.74 bits per heavy atom. The van der Waals surface area contributed by atoms with Gasteiger partial charge in [-0.15, -0.1) is 0 Å². The van der Waals surface area contributed by atoms with Crippen molar-refractivity contribution in [3.8, 4) is 0 Å². The molecule has 1 aromatic rings. The molecule has 1 aromatic heterocycles. The van der Waals surface area contributed by atoms with E-state index in [9.17, 15) is 14.4 Å². The smallest absolute Gasteiger partial charge is 0.226 e. The zero-order valence-corrected chi connectivity index (χ0v) is 14.6. The van der Waals surface area contributed by atoms with Crippen LogP contribution in [-0.2, 0) is 16.0 Å². The molecule has 7 heteroatoms. The molecule has 0 spiro atoms. The fourth-order valence-corrected chi connectivity index (χ4v) is 3.48. The summed E-state index contributed by atoms with van der Waals surface area (Å²) in [6.45, 7) is 6.46. The van der Waals surface area contributed by atoms with Crippen molar-refractivity contribution in [1.29, 1.82) is 0 Å². The Labute approximate surface area is 140 Å². The van der Waals surface area contributed by atoms with Crippen molar-refractivity contribution in [2.24, 2.45) is 11.8 Å². The summed E-state index contributed by atoms with van der Waals surface area (Å²) in [5.74, 6) is -0.309. The Morgan fingerprint density at radius 1 is 1.35 bits per heavy atom. The minimum atomic E-state index is -0.360. The maximum absolute atomic E-state index is 12.2. The van der Waals surface area contributed by atoms with E-state index in [0.29, 0.717) is 41.0 Å². The molecule has 1 heterocycles. The molecule has 0 saturated heterocycles. The number of amides is 2. The van der Waals surface area contributed by atoms with Gasteiger partial charge in [0.05, 0.1) is 16.5 Å². The van der Waals surface area contributed by atoms with Crippen LogP contribution in [0.1, 0.15) is 55.4 Å². The van der Waals surface area contributed by atoms with Crippen LogP contribution in [0.2, 0.25) is 0 Å². The molecule has 1 aliphatic rings. The number of carbonyl (C=O) groups is 3. The maximum atomic E-state index is 12.2. The third kappa shape index (κ3) is 4.37. The summed E-state index contributed by atoms with van der Waals surface area (Å²) >= 11 is 1.21. The summed E-state index contributed by atoms with van der Waals surface area (Å²) in [6.07, 6.45) is 2.04. The van der Waals surface area contributed by atoms with Crippen molar-refractivity contribution >= 4 is 34.1 Å². The van der Waals surface area contributed by atoms with Gasteiger partial charge in [-0.3, -0.25) is 14.4 Å². The van der Waals surface area contributed by atoms with Gasteiger partial charge >= 0.3 is 0 Å². The standard InChI is InChI=1S/C16H23N3O3S/c1-4-9(3)6-13(21)19-16-18-11-7-10(15(22)17-5-2)8-12(20)14(11)23-16/h9-10H,4-8H2,1-3H3,(H,17,22)(H,18,19,21). The summed E-state index contributed by atoms with van der Waals surface area (Å²) in [6, 6.07) is 0. The van der Waals surface area contributed by atoms with E-state index in [1.807, 2.05) is 20.8 Å². The first-order chi connectivity index (χ1) is 10.9. The van der Waals surface area contributed by atoms with Crippen molar-refractivity contribution in [1.82, 2.24) is 10.3 Å². The fourth-order valence-electron chi connectivity index (χ4n) is 2.52. The number of anilines is 1. The molecule has 0 aromatic carbocycles. The van der Waals surface area contributed by atoms with Gasteiger partial charge in [0.25, 0.3) is 0 Å². The average molecular weight is 337 g/mol. The Kier molecular flexibility index (Phi) is 5.87. The second-order valence-electron chi connectivity index (χ2n) is 5.98. The second kappa shape index (κ2) is 7.68. The molecule has 0 radical (unpaired) electrons. The van der Waals surface area contributed by atoms with E-state index in [4.69, 9.17) is 0 Å². The largest absolute Gasteiger partial charge is 0.356 e. The van der Waals surface area contributed by atoms with Gasteiger partial charge < -0.3 is 10.6 Å². The third-order valence-electron chi connectivity index (χ3n) is 4.02. The quantitative estimate of drug-likeness (QED) is 0.834. The predicted molar refractivity (Wildman–Crippen MR) is 89.6 cm³/mol. The molecular weight excluding hydrogens is 314 g/mol. The average Bonchev–Trinajstić information content (AvgIpc) is 2.90. The Morgan fingerprint density at radius 2 is 2.09 bits per heavy atom. The first kappa shape index (κ1) is 17.6. The molecule has 2 unspecified atom stereocenters. The highest BCUT2D eigenvalue weighted by molar-refractivity contribution is 7.17. The predicted octanol–water partition coefficient (Wildman–Crippen LogP) is 2.40. The van der Waals surface area contributed by atoms with Gasteiger partial charge in [0.15, 0.2) is 10.9 Å². The summed E-state index contributed by atoms with van der Waals surface area (Å²) in [4.78, 5) is 41.0. The van der Waals surface area contributed by atoms with Crippen LogP contribution < -0.4 is 10.6 Å². The van der Waals surface area contributed by atoms with Crippen molar-refractivity contribution in [3.05, 3.63) is 10.6 Å². The Hall–Kier alpha value is -1.76. The van der Waals surface area contributed by atoms with Gasteiger partial charge in [-0.2, -0.15) is 0 Å². The summed E-state index contributed by atoms with van der Waals surface area (Å²) in [5, 5.41) is 5.97. The molecule has 6 nitrogen and oxygen atoms in total. The zero-order chi connectivity index (χ0) is 17.0. The van der Waals surface area contributed by atoms with Gasteiger partial charge in [0, 0.05) is 25.8 Å². The normalized spacial score (nSPS) is 18.2. The van der Waals surface area contributed by atoms with Gasteiger partial charge in [-0.05, 0) is 12.8 Å². The summed E-state index contributed by atoms with van der Waals surface area (Å²) in [7, 11) is 0. The number of hydrogen-bond acceptors (Lipinski definition) is 5. The molecule has 2 amide bonds. The third-order valence-corrected chi connectivity index (χ3v) is 5.08. The number of hydrogen-bond donors (Lipinski definition) is 2. The number of Topliss-reactive ketones (excluding diaryl/α,β-unsaturated/α-hetero) is 1. The number of rotatable bonds is 6. The molecule has 0 fully saturated rings. The van der Waals surface area contributed by atoms with Gasteiger partial charge in [0.1, 0.15) is 0 Å². The molecule has 2 atom stereocenters. The topological polar surface area (TPSA) is 88.2 Å². The number of nitrogens with zero attached hydrogens (tertiary/aromatic N) is 1. The van der Waals surface area contributed by atoms with Gasteiger partial charge in [0.2, 0.25) is 11.8 Å². The maximum Gasteiger partial charge on any atom is 0.226 e. The van der Waals surface area contributed by atoms with E-state index in [0.717, 1.165) is 6.42 Å². The highest BCUT2D eigenvalue weighted by Gasteiger charge is 2.32. The minimum Gasteiger partial charge on any atom is -0.356 e. The van der Waals surface area contributed by atoms with E-state index < -0.39 is 0 Å². The minimum absolute atomic E-state index is 0.0672. The number of carbonyl (C=O) groups excluding carboxylic acids is 3. The van der Waals surface area contributed by atoms with Crippen LogP contribution in [0.5, 0.6) is 0 Å². The molecule has 23 heavy (non-hydrogen) atoms. The molecule has 0 aliphatic heterocycles. The van der Waals surface area contributed by atoms with Crippen molar-refractivity contribution in [2.45, 2.75) is 46.5 Å². The number of fused-ring (bicyclic) bond motifs is 1. The van der Waals surface area contributed by atoms with Gasteiger partial charge in [-0.25, -0.2) is 4.98 Å². The lowest BCUT2D eigenvalue weighted by atomic mass is 9.89. The monoisotopic (exact) mass is 337 g/mol. The number of nitrogens with one attached hydrogen (secondary N) is 2. The van der Waals surface area contributed by atoms with E-state index in [1.54, 1.807) is 0 Å². The zero-order valence-electron chi connectivity index (χ0n) is 13.8. The van der Waals surface area contributed by atoms with Crippen LogP contribution in [0.3, 0.4) is 0 Å². The Balaban J connectivity index is 2.06. The lowest BCUT2D eigenvalue weighted by Crippen LogP contribution is -2.35. The van der Waals surface area contributed by atoms with E-state index in [1.165, 1.54) is 11.3 Å². The number of thiazole rings is 1. The highest BCUT2D eigenvalue weighted by atomic mass is 32.1. The summed E-state index contributed by atoms with van der Waals surface area (Å²) in [5.41, 5.74) is 0.626. The highest BCUT2D eigenvalue weighted by Crippen LogP contribution is 2.32. The van der Waals surface area contributed by atoms with Gasteiger partial charge in [-0.1, -0.05) is 31.6 Å². The molecule has 0 bridgehead atoms. The second-order valence-corrected chi connectivity index (χ2v) is 6.98. The lowest BCUT2D eigenvalue weighted by Gasteiger charge is -2.18.